The van der Waals surface area contributed by atoms with Gasteiger partial charge in [-0.1, -0.05) is 12.8 Å². The standard InChI is InChI=1S/C12H14BrFO2/c13-9-5-6-10(11(14)12(9)15)16-7-8-3-1-2-4-8/h5-6,8,15H,1-4,7H2. The predicted octanol–water partition coefficient (Wildman–Crippen LogP) is 3.86. The number of aromatic hydroxyl groups is 1. The van der Waals surface area contributed by atoms with Crippen LogP contribution in [0.15, 0.2) is 16.6 Å². The maximum Gasteiger partial charge on any atom is 0.207 e. The van der Waals surface area contributed by atoms with Gasteiger partial charge in [-0.2, -0.15) is 4.39 Å². The van der Waals surface area contributed by atoms with E-state index in [1.807, 2.05) is 0 Å². The van der Waals surface area contributed by atoms with E-state index >= 15 is 0 Å². The second-order valence-electron chi connectivity index (χ2n) is 4.17. The zero-order valence-electron chi connectivity index (χ0n) is 8.88. The number of phenols is 1. The van der Waals surface area contributed by atoms with Crippen LogP contribution in [0, 0.1) is 11.7 Å². The molecule has 88 valence electrons. The Morgan fingerprint density at radius 1 is 1.38 bits per heavy atom. The van der Waals surface area contributed by atoms with Crippen molar-refractivity contribution >= 4 is 15.9 Å². The molecule has 2 rings (SSSR count). The molecule has 1 aliphatic rings. The summed E-state index contributed by atoms with van der Waals surface area (Å²) < 4.78 is 19.3. The van der Waals surface area contributed by atoms with Gasteiger partial charge in [-0.25, -0.2) is 0 Å². The van der Waals surface area contributed by atoms with Crippen molar-refractivity contribution in [3.8, 4) is 11.5 Å². The maximum absolute atomic E-state index is 13.5. The van der Waals surface area contributed by atoms with Crippen LogP contribution in [-0.4, -0.2) is 11.7 Å². The molecular formula is C12H14BrFO2. The Bertz CT molecular complexity index is 376. The van der Waals surface area contributed by atoms with E-state index in [1.54, 1.807) is 6.07 Å². The van der Waals surface area contributed by atoms with Crippen molar-refractivity contribution in [2.75, 3.05) is 6.61 Å². The Morgan fingerprint density at radius 3 is 2.75 bits per heavy atom. The van der Waals surface area contributed by atoms with Crippen molar-refractivity contribution < 1.29 is 14.2 Å². The van der Waals surface area contributed by atoms with Crippen molar-refractivity contribution in [2.24, 2.45) is 5.92 Å². The van der Waals surface area contributed by atoms with Crippen LogP contribution < -0.4 is 4.74 Å². The number of benzene rings is 1. The fraction of sp³-hybridized carbons (Fsp3) is 0.500. The predicted molar refractivity (Wildman–Crippen MR) is 63.2 cm³/mol. The molecular weight excluding hydrogens is 275 g/mol. The highest BCUT2D eigenvalue weighted by Gasteiger charge is 2.17. The Balaban J connectivity index is 2.01. The molecule has 0 amide bonds. The molecule has 1 fully saturated rings. The Morgan fingerprint density at radius 2 is 2.06 bits per heavy atom. The van der Waals surface area contributed by atoms with Gasteiger partial charge in [-0.15, -0.1) is 0 Å². The number of hydrogen-bond donors (Lipinski definition) is 1. The first kappa shape index (κ1) is 11.7. The summed E-state index contributed by atoms with van der Waals surface area (Å²) in [6, 6.07) is 3.12. The van der Waals surface area contributed by atoms with Crippen LogP contribution in [0.5, 0.6) is 11.5 Å². The van der Waals surface area contributed by atoms with E-state index in [4.69, 9.17) is 4.74 Å². The van der Waals surface area contributed by atoms with Gasteiger partial charge in [0.2, 0.25) is 5.82 Å². The molecule has 2 nitrogen and oxygen atoms in total. The lowest BCUT2D eigenvalue weighted by Crippen LogP contribution is -2.08. The van der Waals surface area contributed by atoms with Gasteiger partial charge in [0.1, 0.15) is 0 Å². The fourth-order valence-electron chi connectivity index (χ4n) is 2.02. The van der Waals surface area contributed by atoms with Crippen LogP contribution in [0.3, 0.4) is 0 Å². The minimum atomic E-state index is -0.688. The van der Waals surface area contributed by atoms with Gasteiger partial charge < -0.3 is 9.84 Å². The van der Waals surface area contributed by atoms with E-state index in [9.17, 15) is 9.50 Å². The summed E-state index contributed by atoms with van der Waals surface area (Å²) in [6.45, 7) is 0.540. The lowest BCUT2D eigenvalue weighted by atomic mass is 10.1. The molecule has 0 bridgehead atoms. The topological polar surface area (TPSA) is 29.5 Å². The molecule has 0 radical (unpaired) electrons. The summed E-state index contributed by atoms with van der Waals surface area (Å²) in [5.74, 6) is -0.408. The number of hydrogen-bond acceptors (Lipinski definition) is 2. The minimum Gasteiger partial charge on any atom is -0.504 e. The van der Waals surface area contributed by atoms with Gasteiger partial charge in [0.15, 0.2) is 11.5 Å². The SMILES string of the molecule is Oc1c(Br)ccc(OCC2CCCC2)c1F. The van der Waals surface area contributed by atoms with Crippen molar-refractivity contribution in [2.45, 2.75) is 25.7 Å². The number of ether oxygens (including phenoxy) is 1. The van der Waals surface area contributed by atoms with Crippen LogP contribution in [0.2, 0.25) is 0 Å². The fourth-order valence-corrected chi connectivity index (χ4v) is 2.32. The first-order valence-electron chi connectivity index (χ1n) is 5.48. The highest BCUT2D eigenvalue weighted by atomic mass is 79.9. The van der Waals surface area contributed by atoms with Crippen molar-refractivity contribution in [3.63, 3.8) is 0 Å². The summed E-state index contributed by atoms with van der Waals surface area (Å²) in [7, 11) is 0. The normalized spacial score (nSPS) is 16.6. The third-order valence-corrected chi connectivity index (χ3v) is 3.62. The highest BCUT2D eigenvalue weighted by molar-refractivity contribution is 9.10. The van der Waals surface area contributed by atoms with Crippen molar-refractivity contribution in [1.29, 1.82) is 0 Å². The first-order chi connectivity index (χ1) is 7.68. The summed E-state index contributed by atoms with van der Waals surface area (Å²) >= 11 is 3.05. The zero-order valence-corrected chi connectivity index (χ0v) is 10.5. The van der Waals surface area contributed by atoms with E-state index in [1.165, 1.54) is 18.9 Å². The number of rotatable bonds is 3. The molecule has 16 heavy (non-hydrogen) atoms. The third-order valence-electron chi connectivity index (χ3n) is 2.98. The molecule has 1 aliphatic carbocycles. The lowest BCUT2D eigenvalue weighted by Gasteiger charge is -2.12. The van der Waals surface area contributed by atoms with Crippen LogP contribution in [0.4, 0.5) is 4.39 Å². The Kier molecular flexibility index (Phi) is 3.69. The smallest absolute Gasteiger partial charge is 0.207 e. The average molecular weight is 289 g/mol. The molecule has 0 heterocycles. The molecule has 0 saturated heterocycles. The number of halogens is 2. The monoisotopic (exact) mass is 288 g/mol. The molecule has 1 N–H and O–H groups in total. The molecule has 0 spiro atoms. The second kappa shape index (κ2) is 5.04. The quantitative estimate of drug-likeness (QED) is 0.915. The largest absolute Gasteiger partial charge is 0.504 e. The van der Waals surface area contributed by atoms with Crippen LogP contribution >= 0.6 is 15.9 Å². The zero-order chi connectivity index (χ0) is 11.5. The van der Waals surface area contributed by atoms with Crippen LogP contribution in [-0.2, 0) is 0 Å². The van der Waals surface area contributed by atoms with Gasteiger partial charge in [0.25, 0.3) is 0 Å². The van der Waals surface area contributed by atoms with Crippen LogP contribution in [0.25, 0.3) is 0 Å². The minimum absolute atomic E-state index is 0.132. The van der Waals surface area contributed by atoms with E-state index in [-0.39, 0.29) is 11.5 Å². The third kappa shape index (κ3) is 2.48. The summed E-state index contributed by atoms with van der Waals surface area (Å²) in [4.78, 5) is 0. The summed E-state index contributed by atoms with van der Waals surface area (Å²) in [5.41, 5.74) is 0. The molecule has 4 heteroatoms. The second-order valence-corrected chi connectivity index (χ2v) is 5.02. The molecule has 0 aliphatic heterocycles. The highest BCUT2D eigenvalue weighted by Crippen LogP contribution is 2.34. The molecule has 0 unspecified atom stereocenters. The van der Waals surface area contributed by atoms with Gasteiger partial charge in [-0.05, 0) is 46.8 Å². The van der Waals surface area contributed by atoms with Gasteiger partial charge >= 0.3 is 0 Å². The van der Waals surface area contributed by atoms with Gasteiger partial charge in [-0.3, -0.25) is 0 Å². The molecule has 1 aromatic rings. The first-order valence-corrected chi connectivity index (χ1v) is 6.27. The maximum atomic E-state index is 13.5. The van der Waals surface area contributed by atoms with Crippen molar-refractivity contribution in [1.82, 2.24) is 0 Å². The average Bonchev–Trinajstić information content (AvgIpc) is 2.78. The lowest BCUT2D eigenvalue weighted by molar-refractivity contribution is 0.239. The van der Waals surface area contributed by atoms with Gasteiger partial charge in [0, 0.05) is 0 Å². The number of phenolic OH excluding ortho intramolecular Hbond substituents is 1. The summed E-state index contributed by atoms with van der Waals surface area (Å²) in [6.07, 6.45) is 4.79. The Hall–Kier alpha value is -0.770. The molecule has 0 aromatic heterocycles. The molecule has 1 saturated carbocycles. The summed E-state index contributed by atoms with van der Waals surface area (Å²) in [5, 5.41) is 9.38. The molecule has 1 aromatic carbocycles. The molecule has 0 atom stereocenters. The van der Waals surface area contributed by atoms with E-state index in [0.717, 1.165) is 12.8 Å². The van der Waals surface area contributed by atoms with E-state index < -0.39 is 5.82 Å². The van der Waals surface area contributed by atoms with E-state index in [0.29, 0.717) is 17.0 Å². The Labute approximate surface area is 103 Å². The van der Waals surface area contributed by atoms with Crippen molar-refractivity contribution in [3.05, 3.63) is 22.4 Å². The van der Waals surface area contributed by atoms with Gasteiger partial charge in [0.05, 0.1) is 11.1 Å². The van der Waals surface area contributed by atoms with Crippen LogP contribution in [0.1, 0.15) is 25.7 Å². The van der Waals surface area contributed by atoms with E-state index in [2.05, 4.69) is 15.9 Å².